The van der Waals surface area contributed by atoms with Crippen molar-refractivity contribution in [2.24, 2.45) is 0 Å². The standard InChI is InChI=1S/C15H16N4O4/c20-15(17-9-11-3-2-8-23-11)13-4-1-7-18(13)12-5-6-16-10-14(12)19(21)22/h2-3,5-6,8,10,13H,1,4,7,9H2,(H,17,20)/t13-/m0/s1. The Morgan fingerprint density at radius 1 is 1.52 bits per heavy atom. The molecule has 1 fully saturated rings. The van der Waals surface area contributed by atoms with Crippen molar-refractivity contribution in [2.45, 2.75) is 25.4 Å². The highest BCUT2D eigenvalue weighted by atomic mass is 16.6. The molecule has 8 heteroatoms. The number of aromatic nitrogens is 1. The number of nitro groups is 1. The molecule has 1 aliphatic rings. The summed E-state index contributed by atoms with van der Waals surface area (Å²) < 4.78 is 5.18. The van der Waals surface area contributed by atoms with Crippen molar-refractivity contribution in [3.63, 3.8) is 0 Å². The molecule has 0 aromatic carbocycles. The van der Waals surface area contributed by atoms with E-state index in [-0.39, 0.29) is 11.6 Å². The van der Waals surface area contributed by atoms with E-state index in [9.17, 15) is 14.9 Å². The van der Waals surface area contributed by atoms with Crippen LogP contribution < -0.4 is 10.2 Å². The van der Waals surface area contributed by atoms with Gasteiger partial charge in [0.25, 0.3) is 0 Å². The van der Waals surface area contributed by atoms with Gasteiger partial charge in [-0.15, -0.1) is 0 Å². The Hall–Kier alpha value is -2.90. The first-order valence-corrected chi connectivity index (χ1v) is 7.32. The van der Waals surface area contributed by atoms with Gasteiger partial charge >= 0.3 is 5.69 Å². The first kappa shape index (κ1) is 15.0. The zero-order valence-corrected chi connectivity index (χ0v) is 12.3. The lowest BCUT2D eigenvalue weighted by molar-refractivity contribution is -0.384. The molecule has 1 amide bonds. The van der Waals surface area contributed by atoms with Gasteiger partial charge in [0.2, 0.25) is 5.91 Å². The summed E-state index contributed by atoms with van der Waals surface area (Å²) in [6.07, 6.45) is 5.72. The van der Waals surface area contributed by atoms with Crippen molar-refractivity contribution in [3.05, 3.63) is 52.7 Å². The van der Waals surface area contributed by atoms with Crippen molar-refractivity contribution in [3.8, 4) is 0 Å². The van der Waals surface area contributed by atoms with E-state index in [1.54, 1.807) is 29.4 Å². The zero-order valence-electron chi connectivity index (χ0n) is 12.3. The number of rotatable bonds is 5. The van der Waals surface area contributed by atoms with Gasteiger partial charge in [-0.05, 0) is 31.0 Å². The Labute approximate surface area is 132 Å². The van der Waals surface area contributed by atoms with Gasteiger partial charge < -0.3 is 14.6 Å². The third-order valence-electron chi connectivity index (χ3n) is 3.86. The van der Waals surface area contributed by atoms with Crippen molar-refractivity contribution >= 4 is 17.3 Å². The van der Waals surface area contributed by atoms with Gasteiger partial charge in [0, 0.05) is 12.7 Å². The number of nitrogens with one attached hydrogen (secondary N) is 1. The van der Waals surface area contributed by atoms with Crippen LogP contribution in [0.1, 0.15) is 18.6 Å². The van der Waals surface area contributed by atoms with Crippen LogP contribution in [0.2, 0.25) is 0 Å². The van der Waals surface area contributed by atoms with Crippen molar-refractivity contribution in [1.82, 2.24) is 10.3 Å². The first-order valence-electron chi connectivity index (χ1n) is 7.32. The second-order valence-electron chi connectivity index (χ2n) is 5.27. The molecule has 2 aromatic heterocycles. The normalized spacial score (nSPS) is 17.2. The maximum Gasteiger partial charge on any atom is 0.310 e. The van der Waals surface area contributed by atoms with Gasteiger partial charge in [0.1, 0.15) is 23.7 Å². The van der Waals surface area contributed by atoms with E-state index in [4.69, 9.17) is 4.42 Å². The van der Waals surface area contributed by atoms with Crippen LogP contribution in [0.25, 0.3) is 0 Å². The third kappa shape index (κ3) is 3.15. The molecule has 0 unspecified atom stereocenters. The molecule has 0 bridgehead atoms. The number of carbonyl (C=O) groups excluding carboxylic acids is 1. The van der Waals surface area contributed by atoms with Crippen LogP contribution in [-0.2, 0) is 11.3 Å². The molecule has 3 heterocycles. The molecule has 0 radical (unpaired) electrons. The molecule has 3 rings (SSSR count). The molecule has 1 N–H and O–H groups in total. The van der Waals surface area contributed by atoms with Crippen molar-refractivity contribution in [1.29, 1.82) is 0 Å². The molecule has 120 valence electrons. The highest BCUT2D eigenvalue weighted by Crippen LogP contribution is 2.32. The number of furan rings is 1. The summed E-state index contributed by atoms with van der Waals surface area (Å²) in [6.45, 7) is 0.901. The SMILES string of the molecule is O=C(NCc1ccco1)[C@@H]1CCCN1c1ccncc1[N+](=O)[O-]. The number of nitrogens with zero attached hydrogens (tertiary/aromatic N) is 3. The maximum atomic E-state index is 12.4. The molecular weight excluding hydrogens is 300 g/mol. The Bertz CT molecular complexity index is 701. The number of anilines is 1. The molecule has 1 atom stereocenters. The van der Waals surface area contributed by atoms with Crippen LogP contribution in [-0.4, -0.2) is 28.4 Å². The summed E-state index contributed by atoms with van der Waals surface area (Å²) >= 11 is 0. The molecule has 1 saturated heterocycles. The van der Waals surface area contributed by atoms with Crippen LogP contribution in [0.15, 0.2) is 41.3 Å². The summed E-state index contributed by atoms with van der Waals surface area (Å²) in [7, 11) is 0. The average molecular weight is 316 g/mol. The van der Waals surface area contributed by atoms with Crippen LogP contribution in [0.4, 0.5) is 11.4 Å². The van der Waals surface area contributed by atoms with Gasteiger partial charge in [-0.3, -0.25) is 19.9 Å². The maximum absolute atomic E-state index is 12.4. The second kappa shape index (κ2) is 6.47. The largest absolute Gasteiger partial charge is 0.467 e. The second-order valence-corrected chi connectivity index (χ2v) is 5.27. The monoisotopic (exact) mass is 316 g/mol. The number of amides is 1. The fourth-order valence-corrected chi connectivity index (χ4v) is 2.80. The molecular formula is C15H16N4O4. The van der Waals surface area contributed by atoms with Crippen molar-refractivity contribution < 1.29 is 14.1 Å². The first-order chi connectivity index (χ1) is 11.2. The summed E-state index contributed by atoms with van der Waals surface area (Å²) in [4.78, 5) is 28.7. The van der Waals surface area contributed by atoms with Crippen LogP contribution in [0.5, 0.6) is 0 Å². The minimum absolute atomic E-state index is 0.0850. The van der Waals surface area contributed by atoms with E-state index in [0.29, 0.717) is 31.0 Å². The summed E-state index contributed by atoms with van der Waals surface area (Å²) in [5.41, 5.74) is 0.346. The number of carbonyl (C=O) groups is 1. The van der Waals surface area contributed by atoms with E-state index in [1.165, 1.54) is 12.4 Å². The summed E-state index contributed by atoms with van der Waals surface area (Å²) in [5, 5.41) is 14.0. The smallest absolute Gasteiger partial charge is 0.310 e. The lowest BCUT2D eigenvalue weighted by Crippen LogP contribution is -2.43. The lowest BCUT2D eigenvalue weighted by atomic mass is 10.2. The van der Waals surface area contributed by atoms with E-state index < -0.39 is 11.0 Å². The molecule has 0 spiro atoms. The van der Waals surface area contributed by atoms with Crippen LogP contribution in [0.3, 0.4) is 0 Å². The average Bonchev–Trinajstić information content (AvgIpc) is 3.24. The fourth-order valence-electron chi connectivity index (χ4n) is 2.80. The van der Waals surface area contributed by atoms with E-state index in [0.717, 1.165) is 6.42 Å². The molecule has 23 heavy (non-hydrogen) atoms. The Morgan fingerprint density at radius 3 is 3.13 bits per heavy atom. The van der Waals surface area contributed by atoms with E-state index in [2.05, 4.69) is 10.3 Å². The zero-order chi connectivity index (χ0) is 16.2. The quantitative estimate of drug-likeness (QED) is 0.667. The number of pyridine rings is 1. The number of hydrogen-bond donors (Lipinski definition) is 1. The Balaban J connectivity index is 1.75. The highest BCUT2D eigenvalue weighted by molar-refractivity contribution is 5.86. The molecule has 1 aliphatic heterocycles. The van der Waals surface area contributed by atoms with E-state index >= 15 is 0 Å². The summed E-state index contributed by atoms with van der Waals surface area (Å²) in [5.74, 6) is 0.503. The van der Waals surface area contributed by atoms with Crippen LogP contribution in [0, 0.1) is 10.1 Å². The predicted octanol–water partition coefficient (Wildman–Crippen LogP) is 1.87. The molecule has 0 aliphatic carbocycles. The molecule has 8 nitrogen and oxygen atoms in total. The Kier molecular flexibility index (Phi) is 4.22. The summed E-state index contributed by atoms with van der Waals surface area (Å²) in [6, 6.07) is 4.69. The van der Waals surface area contributed by atoms with Crippen LogP contribution >= 0.6 is 0 Å². The lowest BCUT2D eigenvalue weighted by Gasteiger charge is -2.25. The highest BCUT2D eigenvalue weighted by Gasteiger charge is 2.34. The van der Waals surface area contributed by atoms with Gasteiger partial charge in [-0.25, -0.2) is 0 Å². The molecule has 0 saturated carbocycles. The van der Waals surface area contributed by atoms with E-state index in [1.807, 2.05) is 0 Å². The minimum Gasteiger partial charge on any atom is -0.467 e. The topological polar surface area (TPSA) is 102 Å². The Morgan fingerprint density at radius 2 is 2.39 bits per heavy atom. The van der Waals surface area contributed by atoms with Gasteiger partial charge in [0.05, 0.1) is 17.7 Å². The predicted molar refractivity (Wildman–Crippen MR) is 81.8 cm³/mol. The van der Waals surface area contributed by atoms with Gasteiger partial charge in [-0.1, -0.05) is 0 Å². The third-order valence-corrected chi connectivity index (χ3v) is 3.86. The molecule has 2 aromatic rings. The van der Waals surface area contributed by atoms with Gasteiger partial charge in [-0.2, -0.15) is 0 Å². The van der Waals surface area contributed by atoms with Gasteiger partial charge in [0.15, 0.2) is 0 Å². The number of hydrogen-bond acceptors (Lipinski definition) is 6. The minimum atomic E-state index is -0.474. The van der Waals surface area contributed by atoms with Crippen molar-refractivity contribution in [2.75, 3.05) is 11.4 Å². The fraction of sp³-hybridized carbons (Fsp3) is 0.333.